The van der Waals surface area contributed by atoms with Crippen LogP contribution in [-0.2, 0) is 0 Å². The van der Waals surface area contributed by atoms with Crippen molar-refractivity contribution < 1.29 is 4.79 Å². The van der Waals surface area contributed by atoms with Crippen molar-refractivity contribution in [1.29, 1.82) is 0 Å². The van der Waals surface area contributed by atoms with Crippen LogP contribution in [0.4, 0.5) is 11.5 Å². The number of aromatic nitrogens is 2. The number of benzene rings is 1. The van der Waals surface area contributed by atoms with E-state index in [2.05, 4.69) is 36.8 Å². The number of carbonyl (C=O) groups is 1. The smallest absolute Gasteiger partial charge is 0.272 e. The lowest BCUT2D eigenvalue weighted by molar-refractivity contribution is 0.0913. The number of halogens is 1. The van der Waals surface area contributed by atoms with Gasteiger partial charge in [0, 0.05) is 15.7 Å². The van der Waals surface area contributed by atoms with E-state index in [1.165, 1.54) is 0 Å². The molecule has 0 saturated carbocycles. The largest absolute Gasteiger partial charge is 0.346 e. The quantitative estimate of drug-likeness (QED) is 0.870. The average Bonchev–Trinajstić information content (AvgIpc) is 2.42. The van der Waals surface area contributed by atoms with Crippen molar-refractivity contribution in [3.05, 3.63) is 46.1 Å². The molecule has 1 heterocycles. The Labute approximate surface area is 138 Å². The Morgan fingerprint density at radius 2 is 1.86 bits per heavy atom. The predicted octanol–water partition coefficient (Wildman–Crippen LogP) is 3.82. The molecule has 22 heavy (non-hydrogen) atoms. The lowest BCUT2D eigenvalue weighted by atomic mass is 10.1. The number of nitrogens with one attached hydrogen (secondary N) is 2. The Balaban J connectivity index is 2.08. The summed E-state index contributed by atoms with van der Waals surface area (Å²) in [7, 11) is 0. The average molecular weight is 363 g/mol. The normalized spacial score (nSPS) is 11.1. The van der Waals surface area contributed by atoms with Gasteiger partial charge < -0.3 is 10.6 Å². The Kier molecular flexibility index (Phi) is 4.81. The first-order chi connectivity index (χ1) is 10.2. The molecule has 116 valence electrons. The zero-order valence-corrected chi connectivity index (χ0v) is 14.7. The molecule has 5 nitrogen and oxygen atoms in total. The number of rotatable bonds is 3. The van der Waals surface area contributed by atoms with Crippen LogP contribution in [-0.4, -0.2) is 21.6 Å². The van der Waals surface area contributed by atoms with Gasteiger partial charge in [-0.2, -0.15) is 0 Å². The molecule has 0 aliphatic heterocycles. The van der Waals surface area contributed by atoms with Gasteiger partial charge in [0.2, 0.25) is 0 Å². The summed E-state index contributed by atoms with van der Waals surface area (Å²) in [6, 6.07) is 9.31. The minimum atomic E-state index is -0.301. The van der Waals surface area contributed by atoms with E-state index in [1.54, 1.807) is 12.1 Å². The lowest BCUT2D eigenvalue weighted by Crippen LogP contribution is -2.41. The molecule has 1 amide bonds. The number of anilines is 2. The Bertz CT molecular complexity index is 678. The maximum absolute atomic E-state index is 12.0. The summed E-state index contributed by atoms with van der Waals surface area (Å²) in [5.41, 5.74) is 2.04. The minimum Gasteiger partial charge on any atom is -0.346 e. The summed E-state index contributed by atoms with van der Waals surface area (Å²) in [4.78, 5) is 12.0. The van der Waals surface area contributed by atoms with Crippen molar-refractivity contribution in [2.24, 2.45) is 0 Å². The van der Waals surface area contributed by atoms with Crippen LogP contribution in [0.15, 0.2) is 34.8 Å². The molecule has 0 bridgehead atoms. The van der Waals surface area contributed by atoms with Crippen molar-refractivity contribution in [2.45, 2.75) is 33.2 Å². The summed E-state index contributed by atoms with van der Waals surface area (Å²) in [5.74, 6) is 0.361. The Hall–Kier alpha value is -1.95. The van der Waals surface area contributed by atoms with Crippen molar-refractivity contribution >= 4 is 33.3 Å². The van der Waals surface area contributed by atoms with Gasteiger partial charge in [-0.15, -0.1) is 10.2 Å². The van der Waals surface area contributed by atoms with Gasteiger partial charge in [-0.25, -0.2) is 0 Å². The van der Waals surface area contributed by atoms with Crippen LogP contribution in [0.5, 0.6) is 0 Å². The van der Waals surface area contributed by atoms with Crippen molar-refractivity contribution in [3.8, 4) is 0 Å². The van der Waals surface area contributed by atoms with Gasteiger partial charge in [-0.05, 0) is 63.6 Å². The molecule has 0 aliphatic carbocycles. The van der Waals surface area contributed by atoms with E-state index in [-0.39, 0.29) is 11.4 Å². The minimum absolute atomic E-state index is 0.231. The summed E-state index contributed by atoms with van der Waals surface area (Å²) in [5, 5.41) is 14.0. The van der Waals surface area contributed by atoms with E-state index in [0.29, 0.717) is 11.5 Å². The third-order valence-electron chi connectivity index (χ3n) is 2.82. The van der Waals surface area contributed by atoms with Crippen LogP contribution in [0.1, 0.15) is 36.8 Å². The maximum atomic E-state index is 12.0. The topological polar surface area (TPSA) is 66.9 Å². The number of nitrogens with zero attached hydrogens (tertiary/aromatic N) is 2. The Morgan fingerprint density at radius 1 is 1.14 bits per heavy atom. The zero-order valence-electron chi connectivity index (χ0n) is 13.1. The molecular weight excluding hydrogens is 344 g/mol. The van der Waals surface area contributed by atoms with Crippen LogP contribution >= 0.6 is 15.9 Å². The van der Waals surface area contributed by atoms with Crippen molar-refractivity contribution in [1.82, 2.24) is 15.5 Å². The molecule has 0 saturated heterocycles. The molecule has 2 rings (SSSR count). The summed E-state index contributed by atoms with van der Waals surface area (Å²) < 4.78 is 1.05. The first-order valence-corrected chi connectivity index (χ1v) is 7.73. The highest BCUT2D eigenvalue weighted by molar-refractivity contribution is 9.10. The molecule has 0 atom stereocenters. The summed E-state index contributed by atoms with van der Waals surface area (Å²) >= 11 is 3.46. The van der Waals surface area contributed by atoms with Crippen LogP contribution in [0.25, 0.3) is 0 Å². The maximum Gasteiger partial charge on any atom is 0.272 e. The van der Waals surface area contributed by atoms with Crippen LogP contribution in [0.3, 0.4) is 0 Å². The highest BCUT2D eigenvalue weighted by Gasteiger charge is 2.16. The molecule has 0 unspecified atom stereocenters. The highest BCUT2D eigenvalue weighted by Crippen LogP contribution is 2.22. The predicted molar refractivity (Wildman–Crippen MR) is 91.4 cm³/mol. The summed E-state index contributed by atoms with van der Waals surface area (Å²) in [6.45, 7) is 7.78. The first kappa shape index (κ1) is 16.4. The second-order valence-corrected chi connectivity index (χ2v) is 6.95. The highest BCUT2D eigenvalue weighted by atomic mass is 79.9. The molecule has 1 aromatic carbocycles. The zero-order chi connectivity index (χ0) is 16.3. The second-order valence-electron chi connectivity index (χ2n) is 6.10. The molecule has 0 spiro atoms. The van der Waals surface area contributed by atoms with Gasteiger partial charge in [0.05, 0.1) is 0 Å². The SMILES string of the molecule is Cc1cc(Nc2ccc(C(=O)NC(C)(C)C)nn2)ccc1Br. The van der Waals surface area contributed by atoms with Crippen molar-refractivity contribution in [3.63, 3.8) is 0 Å². The monoisotopic (exact) mass is 362 g/mol. The molecule has 2 N–H and O–H groups in total. The fraction of sp³-hybridized carbons (Fsp3) is 0.312. The fourth-order valence-corrected chi connectivity index (χ4v) is 2.04. The van der Waals surface area contributed by atoms with Gasteiger partial charge in [-0.3, -0.25) is 4.79 Å². The van der Waals surface area contributed by atoms with E-state index in [4.69, 9.17) is 0 Å². The molecule has 6 heteroatoms. The first-order valence-electron chi connectivity index (χ1n) is 6.94. The van der Waals surface area contributed by atoms with Gasteiger partial charge in [0.1, 0.15) is 0 Å². The van der Waals surface area contributed by atoms with E-state index in [0.717, 1.165) is 15.7 Å². The number of amides is 1. The second kappa shape index (κ2) is 6.44. The number of hydrogen-bond donors (Lipinski definition) is 2. The van der Waals surface area contributed by atoms with E-state index < -0.39 is 0 Å². The molecule has 2 aromatic rings. The summed E-state index contributed by atoms with van der Waals surface area (Å²) in [6.07, 6.45) is 0. The molecule has 0 fully saturated rings. The van der Waals surface area contributed by atoms with E-state index in [1.807, 2.05) is 45.9 Å². The van der Waals surface area contributed by atoms with Crippen molar-refractivity contribution in [2.75, 3.05) is 5.32 Å². The standard InChI is InChI=1S/C16H19BrN4O/c1-10-9-11(5-6-12(10)17)18-14-8-7-13(20-21-14)15(22)19-16(2,3)4/h5-9H,1-4H3,(H,18,21)(H,19,22). The van der Waals surface area contributed by atoms with Gasteiger partial charge >= 0.3 is 0 Å². The number of aryl methyl sites for hydroxylation is 1. The fourth-order valence-electron chi connectivity index (χ4n) is 1.79. The third kappa shape index (κ3) is 4.53. The number of hydrogen-bond acceptors (Lipinski definition) is 4. The van der Waals surface area contributed by atoms with E-state index in [9.17, 15) is 4.79 Å². The molecular formula is C16H19BrN4O. The van der Waals surface area contributed by atoms with E-state index >= 15 is 0 Å². The van der Waals surface area contributed by atoms with Crippen LogP contribution in [0.2, 0.25) is 0 Å². The Morgan fingerprint density at radius 3 is 2.41 bits per heavy atom. The van der Waals surface area contributed by atoms with Crippen LogP contribution in [0, 0.1) is 6.92 Å². The molecule has 1 aromatic heterocycles. The molecule has 0 radical (unpaired) electrons. The van der Waals surface area contributed by atoms with Gasteiger partial charge in [0.25, 0.3) is 5.91 Å². The molecule has 0 aliphatic rings. The lowest BCUT2D eigenvalue weighted by Gasteiger charge is -2.19. The number of carbonyl (C=O) groups excluding carboxylic acids is 1. The third-order valence-corrected chi connectivity index (χ3v) is 3.71. The van der Waals surface area contributed by atoms with Gasteiger partial charge in [0.15, 0.2) is 11.5 Å². The van der Waals surface area contributed by atoms with Gasteiger partial charge in [-0.1, -0.05) is 15.9 Å². The van der Waals surface area contributed by atoms with Crippen LogP contribution < -0.4 is 10.6 Å².